The molecular weight excluding hydrogens is 250 g/mol. The molecule has 1 aliphatic rings. The number of alkyl halides is 1. The third-order valence-electron chi connectivity index (χ3n) is 2.64. The van der Waals surface area contributed by atoms with Crippen LogP contribution in [0.15, 0.2) is 0 Å². The molecule has 0 bridgehead atoms. The summed E-state index contributed by atoms with van der Waals surface area (Å²) in [6.07, 6.45) is 5.92. The first kappa shape index (κ1) is 11.4. The van der Waals surface area contributed by atoms with Crippen LogP contribution in [0.1, 0.15) is 26.2 Å². The molecule has 1 N–H and O–H groups in total. The number of hydrogen-bond donors (Lipinski definition) is 1. The second-order valence-electron chi connectivity index (χ2n) is 3.57. The number of thioether (sulfide) groups is 1. The number of nitrogens with one attached hydrogen (secondary N) is 1. The van der Waals surface area contributed by atoms with Gasteiger partial charge in [-0.3, -0.25) is 4.79 Å². The first-order valence-electron chi connectivity index (χ1n) is 4.56. The molecule has 1 saturated carbocycles. The van der Waals surface area contributed by atoms with Crippen LogP contribution in [-0.4, -0.2) is 28.3 Å². The fraction of sp³-hybridized carbons (Fsp3) is 0.889. The zero-order valence-electron chi connectivity index (χ0n) is 8.10. The van der Waals surface area contributed by atoms with Gasteiger partial charge in [0.15, 0.2) is 0 Å². The van der Waals surface area contributed by atoms with E-state index in [1.807, 2.05) is 18.7 Å². The van der Waals surface area contributed by atoms with Gasteiger partial charge in [0.25, 0.3) is 0 Å². The smallest absolute Gasteiger partial charge is 0.233 e. The van der Waals surface area contributed by atoms with Crippen LogP contribution in [0.2, 0.25) is 0 Å². The van der Waals surface area contributed by atoms with Gasteiger partial charge in [0.05, 0.1) is 4.83 Å². The Kier molecular flexibility index (Phi) is 4.10. The molecule has 2 nitrogen and oxygen atoms in total. The van der Waals surface area contributed by atoms with Crippen molar-refractivity contribution in [2.24, 2.45) is 0 Å². The van der Waals surface area contributed by atoms with Gasteiger partial charge in [-0.2, -0.15) is 11.8 Å². The highest BCUT2D eigenvalue weighted by molar-refractivity contribution is 9.10. The van der Waals surface area contributed by atoms with Gasteiger partial charge >= 0.3 is 0 Å². The number of hydrogen-bond acceptors (Lipinski definition) is 2. The standard InChI is InChI=1S/C9H16BrNOS/c1-7(10)8(12)11-6-9(13-2)4-3-5-9/h7H,3-6H2,1-2H3,(H,11,12). The Morgan fingerprint density at radius 1 is 1.69 bits per heavy atom. The minimum Gasteiger partial charge on any atom is -0.354 e. The maximum atomic E-state index is 11.3. The summed E-state index contributed by atoms with van der Waals surface area (Å²) >= 11 is 5.13. The zero-order chi connectivity index (χ0) is 9.90. The van der Waals surface area contributed by atoms with E-state index >= 15 is 0 Å². The molecule has 0 spiro atoms. The lowest BCUT2D eigenvalue weighted by Crippen LogP contribution is -2.46. The van der Waals surface area contributed by atoms with Crippen molar-refractivity contribution in [1.82, 2.24) is 5.32 Å². The molecule has 0 aromatic heterocycles. The van der Waals surface area contributed by atoms with Crippen molar-refractivity contribution in [3.63, 3.8) is 0 Å². The number of rotatable bonds is 4. The van der Waals surface area contributed by atoms with E-state index < -0.39 is 0 Å². The van der Waals surface area contributed by atoms with Crippen molar-refractivity contribution < 1.29 is 4.79 Å². The summed E-state index contributed by atoms with van der Waals surface area (Å²) in [7, 11) is 0. The number of amides is 1. The van der Waals surface area contributed by atoms with E-state index in [0.717, 1.165) is 6.54 Å². The van der Waals surface area contributed by atoms with E-state index in [4.69, 9.17) is 0 Å². The molecule has 1 rings (SSSR count). The van der Waals surface area contributed by atoms with Gasteiger partial charge in [-0.05, 0) is 26.0 Å². The molecule has 0 heterocycles. The summed E-state index contributed by atoms with van der Waals surface area (Å²) in [4.78, 5) is 11.2. The van der Waals surface area contributed by atoms with E-state index in [0.29, 0.717) is 4.75 Å². The highest BCUT2D eigenvalue weighted by atomic mass is 79.9. The van der Waals surface area contributed by atoms with Gasteiger partial charge in [0, 0.05) is 11.3 Å². The summed E-state index contributed by atoms with van der Waals surface area (Å²) < 4.78 is 0.345. The van der Waals surface area contributed by atoms with E-state index in [1.165, 1.54) is 19.3 Å². The largest absolute Gasteiger partial charge is 0.354 e. The first-order valence-corrected chi connectivity index (χ1v) is 6.71. The van der Waals surface area contributed by atoms with E-state index in [1.54, 1.807) is 0 Å². The highest BCUT2D eigenvalue weighted by Gasteiger charge is 2.36. The van der Waals surface area contributed by atoms with E-state index in [9.17, 15) is 4.79 Å². The fourth-order valence-electron chi connectivity index (χ4n) is 1.41. The molecule has 0 aromatic rings. The van der Waals surface area contributed by atoms with E-state index in [2.05, 4.69) is 27.5 Å². The Morgan fingerprint density at radius 3 is 2.62 bits per heavy atom. The van der Waals surface area contributed by atoms with Gasteiger partial charge < -0.3 is 5.32 Å². The van der Waals surface area contributed by atoms with Crippen molar-refractivity contribution in [2.75, 3.05) is 12.8 Å². The van der Waals surface area contributed by atoms with Crippen LogP contribution in [0.25, 0.3) is 0 Å². The van der Waals surface area contributed by atoms with Gasteiger partial charge in [-0.15, -0.1) is 0 Å². The van der Waals surface area contributed by atoms with Gasteiger partial charge in [0.2, 0.25) is 5.91 Å². The van der Waals surface area contributed by atoms with Crippen molar-refractivity contribution in [3.8, 4) is 0 Å². The van der Waals surface area contributed by atoms with Crippen LogP contribution in [0.5, 0.6) is 0 Å². The predicted octanol–water partition coefficient (Wildman–Crippen LogP) is 2.17. The molecule has 1 aliphatic carbocycles. The van der Waals surface area contributed by atoms with Crippen LogP contribution in [-0.2, 0) is 4.79 Å². The molecule has 1 atom stereocenters. The van der Waals surface area contributed by atoms with Crippen LogP contribution < -0.4 is 5.32 Å². The molecule has 4 heteroatoms. The van der Waals surface area contributed by atoms with Crippen molar-refractivity contribution >= 4 is 33.6 Å². The average Bonchev–Trinajstić information content (AvgIpc) is 2.02. The number of halogens is 1. The lowest BCUT2D eigenvalue weighted by molar-refractivity contribution is -0.120. The normalized spacial score (nSPS) is 21.8. The lowest BCUT2D eigenvalue weighted by atomic mass is 9.84. The topological polar surface area (TPSA) is 29.1 Å². The van der Waals surface area contributed by atoms with Crippen molar-refractivity contribution in [2.45, 2.75) is 35.8 Å². The van der Waals surface area contributed by atoms with Crippen LogP contribution in [0.3, 0.4) is 0 Å². The van der Waals surface area contributed by atoms with Gasteiger partial charge in [0.1, 0.15) is 0 Å². The molecule has 1 fully saturated rings. The molecule has 0 aromatic carbocycles. The second kappa shape index (κ2) is 4.69. The summed E-state index contributed by atoms with van der Waals surface area (Å²) in [6.45, 7) is 2.67. The van der Waals surface area contributed by atoms with Crippen LogP contribution >= 0.6 is 27.7 Å². The number of carbonyl (C=O) groups is 1. The summed E-state index contributed by atoms with van der Waals surface area (Å²) in [5.41, 5.74) is 0. The molecule has 0 radical (unpaired) electrons. The monoisotopic (exact) mass is 265 g/mol. The highest BCUT2D eigenvalue weighted by Crippen LogP contribution is 2.42. The molecule has 1 unspecified atom stereocenters. The minimum atomic E-state index is -0.0773. The third kappa shape index (κ3) is 2.88. The summed E-state index contributed by atoms with van der Waals surface area (Å²) in [6, 6.07) is 0. The minimum absolute atomic E-state index is 0.0773. The van der Waals surface area contributed by atoms with E-state index in [-0.39, 0.29) is 10.7 Å². The Balaban J connectivity index is 2.28. The van der Waals surface area contributed by atoms with Gasteiger partial charge in [-0.25, -0.2) is 0 Å². The molecule has 0 aliphatic heterocycles. The Hall–Kier alpha value is 0.300. The van der Waals surface area contributed by atoms with Gasteiger partial charge in [-0.1, -0.05) is 22.4 Å². The lowest BCUT2D eigenvalue weighted by Gasteiger charge is -2.40. The summed E-state index contributed by atoms with van der Waals surface area (Å²) in [5.74, 6) is 0.0975. The number of carbonyl (C=O) groups excluding carboxylic acids is 1. The SMILES string of the molecule is CSC1(CNC(=O)C(C)Br)CCC1. The first-order chi connectivity index (χ1) is 6.09. The molecule has 76 valence electrons. The molecule has 13 heavy (non-hydrogen) atoms. The fourth-order valence-corrected chi connectivity index (χ4v) is 2.49. The second-order valence-corrected chi connectivity index (χ2v) is 6.22. The Bertz CT molecular complexity index is 187. The zero-order valence-corrected chi connectivity index (χ0v) is 10.5. The predicted molar refractivity (Wildman–Crippen MR) is 61.5 cm³/mol. The maximum Gasteiger partial charge on any atom is 0.233 e. The molecule has 1 amide bonds. The van der Waals surface area contributed by atoms with Crippen molar-refractivity contribution in [1.29, 1.82) is 0 Å². The van der Waals surface area contributed by atoms with Crippen LogP contribution in [0.4, 0.5) is 0 Å². The third-order valence-corrected chi connectivity index (χ3v) is 4.48. The van der Waals surface area contributed by atoms with Crippen molar-refractivity contribution in [3.05, 3.63) is 0 Å². The van der Waals surface area contributed by atoms with Crippen LogP contribution in [0, 0.1) is 0 Å². The Labute approximate surface area is 92.4 Å². The maximum absolute atomic E-state index is 11.3. The Morgan fingerprint density at radius 2 is 2.31 bits per heavy atom. The summed E-state index contributed by atoms with van der Waals surface area (Å²) in [5, 5.41) is 2.97. The average molecular weight is 266 g/mol. The molecule has 0 saturated heterocycles. The molecular formula is C9H16BrNOS. The quantitative estimate of drug-likeness (QED) is 0.790.